The zero-order valence-corrected chi connectivity index (χ0v) is 19.5. The topological polar surface area (TPSA) is 0 Å². The van der Waals surface area contributed by atoms with Gasteiger partial charge in [0, 0.05) is 16.6 Å². The van der Waals surface area contributed by atoms with E-state index in [1.54, 1.807) is 128 Å². The molecule has 26 heavy (non-hydrogen) atoms. The van der Waals surface area contributed by atoms with Crippen LogP contribution < -0.4 is 0 Å². The quantitative estimate of drug-likeness (QED) is 0.415. The smallest absolute Gasteiger partial charge is 0.0448 e. The van der Waals surface area contributed by atoms with Crippen LogP contribution in [-0.2, 0) is 0 Å². The standard InChI is InChI=1S/C24H44Si2/c1-5-13-21(14-6-1)25(22-15-7-2-8-16-22)26(23-17-9-3-10-18-23)24-19-11-4-12-20-24/h21-24H,1-20H2. The second-order valence-corrected chi connectivity index (χ2v) is 18.8. The Bertz CT molecular complexity index is 311. The highest BCUT2D eigenvalue weighted by Crippen LogP contribution is 2.50. The molecule has 0 unspecified atom stereocenters. The fourth-order valence-electron chi connectivity index (χ4n) is 7.26. The van der Waals surface area contributed by atoms with E-state index < -0.39 is 0 Å². The summed E-state index contributed by atoms with van der Waals surface area (Å²) in [6.07, 6.45) is 32.3. The molecule has 0 aliphatic heterocycles. The monoisotopic (exact) mass is 388 g/mol. The van der Waals surface area contributed by atoms with E-state index in [1.807, 2.05) is 0 Å². The lowest BCUT2D eigenvalue weighted by Gasteiger charge is -2.48. The summed E-state index contributed by atoms with van der Waals surface area (Å²) in [4.78, 5) is 0. The van der Waals surface area contributed by atoms with Crippen LogP contribution in [0.2, 0.25) is 22.2 Å². The van der Waals surface area contributed by atoms with Crippen LogP contribution in [0.15, 0.2) is 0 Å². The normalized spacial score (nSPS) is 28.8. The zero-order valence-electron chi connectivity index (χ0n) is 17.5. The fourth-order valence-corrected chi connectivity index (χ4v) is 23.7. The first-order valence-corrected chi connectivity index (χ1v) is 17.0. The van der Waals surface area contributed by atoms with Gasteiger partial charge in [-0.1, -0.05) is 128 Å². The van der Waals surface area contributed by atoms with Gasteiger partial charge in [-0.15, -0.1) is 0 Å². The van der Waals surface area contributed by atoms with Gasteiger partial charge in [0.15, 0.2) is 0 Å². The first-order chi connectivity index (χ1) is 12.9. The molecule has 4 aliphatic rings. The summed E-state index contributed by atoms with van der Waals surface area (Å²) in [7, 11) is -0.160. The minimum Gasteiger partial charge on any atom is -0.0533 e. The minimum absolute atomic E-state index is 0.0802. The second kappa shape index (κ2) is 10.3. The lowest BCUT2D eigenvalue weighted by atomic mass is 9.99. The van der Waals surface area contributed by atoms with Crippen LogP contribution in [0.4, 0.5) is 0 Å². The van der Waals surface area contributed by atoms with Crippen molar-refractivity contribution in [2.24, 2.45) is 0 Å². The Kier molecular flexibility index (Phi) is 7.80. The number of hydrogen-bond donors (Lipinski definition) is 0. The molecule has 0 saturated heterocycles. The summed E-state index contributed by atoms with van der Waals surface area (Å²) in [6, 6.07) is 0. The van der Waals surface area contributed by atoms with Gasteiger partial charge in [0.1, 0.15) is 0 Å². The van der Waals surface area contributed by atoms with Gasteiger partial charge < -0.3 is 0 Å². The summed E-state index contributed by atoms with van der Waals surface area (Å²) in [5.74, 6) is 0. The third kappa shape index (κ3) is 4.88. The molecule has 4 rings (SSSR count). The van der Waals surface area contributed by atoms with E-state index in [9.17, 15) is 0 Å². The molecule has 4 saturated carbocycles. The van der Waals surface area contributed by atoms with E-state index in [2.05, 4.69) is 0 Å². The van der Waals surface area contributed by atoms with Gasteiger partial charge in [0.05, 0.1) is 0 Å². The fraction of sp³-hybridized carbons (Fsp3) is 1.00. The maximum absolute atomic E-state index is 1.67. The van der Waals surface area contributed by atoms with Crippen molar-refractivity contribution in [1.82, 2.24) is 0 Å². The Hall–Kier alpha value is 0.434. The molecular formula is C24H44Si2. The molecule has 2 radical (unpaired) electrons. The Morgan fingerprint density at radius 1 is 0.269 bits per heavy atom. The van der Waals surface area contributed by atoms with Crippen LogP contribution in [0.25, 0.3) is 0 Å². The van der Waals surface area contributed by atoms with Gasteiger partial charge >= 0.3 is 0 Å². The molecule has 0 N–H and O–H groups in total. The van der Waals surface area contributed by atoms with Crippen molar-refractivity contribution in [1.29, 1.82) is 0 Å². The van der Waals surface area contributed by atoms with Crippen LogP contribution in [-0.4, -0.2) is 16.6 Å². The maximum atomic E-state index is 1.67. The molecule has 4 fully saturated rings. The summed E-state index contributed by atoms with van der Waals surface area (Å²) < 4.78 is 0. The molecule has 0 atom stereocenters. The molecule has 0 bridgehead atoms. The predicted molar refractivity (Wildman–Crippen MR) is 119 cm³/mol. The molecule has 0 aromatic carbocycles. The van der Waals surface area contributed by atoms with E-state index in [4.69, 9.17) is 0 Å². The van der Waals surface area contributed by atoms with E-state index in [0.717, 1.165) is 0 Å². The first kappa shape index (κ1) is 19.7. The summed E-state index contributed by atoms with van der Waals surface area (Å²) in [6.45, 7) is 0. The summed E-state index contributed by atoms with van der Waals surface area (Å²) >= 11 is 0. The molecule has 0 aromatic rings. The molecule has 0 nitrogen and oxygen atoms in total. The van der Waals surface area contributed by atoms with Gasteiger partial charge in [-0.25, -0.2) is 0 Å². The van der Waals surface area contributed by atoms with Crippen molar-refractivity contribution in [3.8, 4) is 0 Å². The lowest BCUT2D eigenvalue weighted by Crippen LogP contribution is -2.50. The molecule has 148 valence electrons. The summed E-state index contributed by atoms with van der Waals surface area (Å²) in [5.41, 5.74) is 5.04. The average Bonchev–Trinajstić information content (AvgIpc) is 2.74. The Balaban J connectivity index is 1.59. The minimum atomic E-state index is -0.0802. The van der Waals surface area contributed by atoms with Crippen LogP contribution in [0.1, 0.15) is 128 Å². The maximum Gasteiger partial charge on any atom is 0.0448 e. The molecule has 0 aromatic heterocycles. The van der Waals surface area contributed by atoms with Crippen molar-refractivity contribution in [3.05, 3.63) is 0 Å². The van der Waals surface area contributed by atoms with Gasteiger partial charge in [0.25, 0.3) is 0 Å². The SMILES string of the molecule is C1CCC([Si](C2CCCCC2)[Si](C2CCCCC2)C2CCCCC2)CC1. The van der Waals surface area contributed by atoms with Gasteiger partial charge in [-0.2, -0.15) is 0 Å². The molecule has 0 spiro atoms. The van der Waals surface area contributed by atoms with Crippen LogP contribution in [0.5, 0.6) is 0 Å². The van der Waals surface area contributed by atoms with Crippen LogP contribution in [0, 0.1) is 0 Å². The number of hydrogen-bond acceptors (Lipinski definition) is 0. The Labute approximate surface area is 167 Å². The van der Waals surface area contributed by atoms with Crippen LogP contribution >= 0.6 is 0 Å². The van der Waals surface area contributed by atoms with Crippen molar-refractivity contribution in [2.45, 2.75) is 151 Å². The molecule has 0 heterocycles. The van der Waals surface area contributed by atoms with E-state index >= 15 is 0 Å². The van der Waals surface area contributed by atoms with E-state index in [-0.39, 0.29) is 16.6 Å². The average molecular weight is 389 g/mol. The molecule has 0 amide bonds. The molecule has 4 aliphatic carbocycles. The highest BCUT2D eigenvalue weighted by atomic mass is 29.2. The Morgan fingerprint density at radius 3 is 0.654 bits per heavy atom. The van der Waals surface area contributed by atoms with Crippen molar-refractivity contribution < 1.29 is 0 Å². The van der Waals surface area contributed by atoms with E-state index in [1.165, 1.54) is 22.2 Å². The lowest BCUT2D eigenvalue weighted by molar-refractivity contribution is 0.452. The summed E-state index contributed by atoms with van der Waals surface area (Å²) in [5, 5.41) is 0. The molecular weight excluding hydrogens is 344 g/mol. The highest BCUT2D eigenvalue weighted by molar-refractivity contribution is 7.24. The van der Waals surface area contributed by atoms with E-state index in [0.29, 0.717) is 0 Å². The molecule has 2 heteroatoms. The highest BCUT2D eigenvalue weighted by Gasteiger charge is 2.45. The third-order valence-electron chi connectivity index (χ3n) is 8.51. The van der Waals surface area contributed by atoms with Crippen LogP contribution in [0.3, 0.4) is 0 Å². The van der Waals surface area contributed by atoms with Gasteiger partial charge in [0.2, 0.25) is 0 Å². The van der Waals surface area contributed by atoms with Crippen molar-refractivity contribution >= 4 is 16.6 Å². The van der Waals surface area contributed by atoms with Gasteiger partial charge in [-0.3, -0.25) is 0 Å². The van der Waals surface area contributed by atoms with Gasteiger partial charge in [-0.05, 0) is 22.2 Å². The third-order valence-corrected chi connectivity index (χ3v) is 21.9. The second-order valence-electron chi connectivity index (χ2n) is 10.3. The Morgan fingerprint density at radius 2 is 0.462 bits per heavy atom. The first-order valence-electron chi connectivity index (χ1n) is 12.7. The van der Waals surface area contributed by atoms with Crippen molar-refractivity contribution in [3.63, 3.8) is 0 Å². The van der Waals surface area contributed by atoms with Crippen molar-refractivity contribution in [2.75, 3.05) is 0 Å². The largest absolute Gasteiger partial charge is 0.0533 e. The number of rotatable bonds is 5. The zero-order chi connectivity index (χ0) is 17.6. The predicted octanol–water partition coefficient (Wildman–Crippen LogP) is 8.39.